The summed E-state index contributed by atoms with van der Waals surface area (Å²) in [4.78, 5) is 25.5. The molecule has 1 saturated carbocycles. The molecule has 1 aliphatic heterocycles. The Bertz CT molecular complexity index is 486. The fraction of sp³-hybridized carbons (Fsp3) is 0.778. The van der Waals surface area contributed by atoms with Gasteiger partial charge < -0.3 is 11.1 Å². The lowest BCUT2D eigenvalue weighted by Crippen LogP contribution is -2.57. The molecule has 0 aromatic heterocycles. The zero-order chi connectivity index (χ0) is 17.6. The second kappa shape index (κ2) is 8.48. The van der Waals surface area contributed by atoms with Gasteiger partial charge in [-0.05, 0) is 32.1 Å². The van der Waals surface area contributed by atoms with Gasteiger partial charge in [-0.25, -0.2) is 0 Å². The van der Waals surface area contributed by atoms with Gasteiger partial charge in [0.05, 0.1) is 12.1 Å². The van der Waals surface area contributed by atoms with Gasteiger partial charge in [0.1, 0.15) is 5.54 Å². The largest absolute Gasteiger partial charge is 0.368 e. The van der Waals surface area contributed by atoms with Crippen molar-refractivity contribution in [1.82, 2.24) is 10.2 Å². The normalized spacial score (nSPS) is 23.2. The first-order valence-electron chi connectivity index (χ1n) is 9.06. The van der Waals surface area contributed by atoms with Gasteiger partial charge >= 0.3 is 0 Å². The van der Waals surface area contributed by atoms with E-state index in [0.29, 0.717) is 31.8 Å². The molecule has 24 heavy (non-hydrogen) atoms. The van der Waals surface area contributed by atoms with Crippen LogP contribution in [0.25, 0.3) is 0 Å². The molecule has 1 heterocycles. The van der Waals surface area contributed by atoms with Crippen molar-refractivity contribution < 1.29 is 9.59 Å². The molecule has 0 aromatic carbocycles. The molecule has 2 fully saturated rings. The van der Waals surface area contributed by atoms with Crippen LogP contribution in [0, 0.1) is 23.7 Å². The summed E-state index contributed by atoms with van der Waals surface area (Å²) in [7, 11) is 0. The van der Waals surface area contributed by atoms with E-state index in [0.717, 1.165) is 6.42 Å². The predicted octanol–water partition coefficient (Wildman–Crippen LogP) is 1.51. The zero-order valence-corrected chi connectivity index (χ0v) is 14.6. The Kier molecular flexibility index (Phi) is 6.61. The molecule has 0 aromatic rings. The first-order chi connectivity index (χ1) is 11.5. The van der Waals surface area contributed by atoms with Crippen LogP contribution >= 0.6 is 0 Å². The molecule has 6 heteroatoms. The lowest BCUT2D eigenvalue weighted by atomic mass is 9.85. The number of carbonyl (C=O) groups excluding carboxylic acids is 2. The Morgan fingerprint density at radius 3 is 2.50 bits per heavy atom. The molecule has 1 atom stereocenters. The van der Waals surface area contributed by atoms with E-state index < -0.39 is 5.54 Å². The highest BCUT2D eigenvalue weighted by molar-refractivity contribution is 5.85. The first kappa shape index (κ1) is 18.7. The van der Waals surface area contributed by atoms with Crippen molar-refractivity contribution in [3.63, 3.8) is 0 Å². The van der Waals surface area contributed by atoms with Crippen LogP contribution < -0.4 is 11.1 Å². The van der Waals surface area contributed by atoms with E-state index >= 15 is 0 Å². The van der Waals surface area contributed by atoms with E-state index in [1.54, 1.807) is 13.3 Å². The summed E-state index contributed by atoms with van der Waals surface area (Å²) in [6, 6.07) is 1.94. The molecule has 0 spiro atoms. The third kappa shape index (κ3) is 4.94. The highest BCUT2D eigenvalue weighted by atomic mass is 16.2. The summed E-state index contributed by atoms with van der Waals surface area (Å²) < 4.78 is 0. The number of nitrogens with one attached hydrogen (secondary N) is 1. The number of primary amides is 1. The number of hydrogen-bond donors (Lipinski definition) is 2. The molecule has 3 N–H and O–H groups in total. The Balaban J connectivity index is 1.80. The number of hydrogen-bond acceptors (Lipinski definition) is 4. The quantitative estimate of drug-likeness (QED) is 0.769. The Hall–Kier alpha value is -1.61. The lowest BCUT2D eigenvalue weighted by Gasteiger charge is -2.39. The molecule has 1 radical (unpaired) electrons. The number of amides is 2. The van der Waals surface area contributed by atoms with E-state index in [1.165, 1.54) is 32.1 Å². The van der Waals surface area contributed by atoms with Gasteiger partial charge in [0.15, 0.2) is 0 Å². The molecule has 1 aliphatic carbocycles. The standard InChI is InChI=1S/C18H29N4O2/c1-14(17(20)24)22-11-9-18(13-19,10-12-22)21-16(23)8-7-15-5-3-2-4-6-15/h8,14-15H,2-7,9-12H2,1H3,(H2,20,24)(H,21,23). The molecule has 6 nitrogen and oxygen atoms in total. The molecule has 1 unspecified atom stereocenters. The minimum absolute atomic E-state index is 0.140. The number of nitrogens with zero attached hydrogens (tertiary/aromatic N) is 2. The van der Waals surface area contributed by atoms with Gasteiger partial charge in [-0.3, -0.25) is 14.5 Å². The Morgan fingerprint density at radius 2 is 1.96 bits per heavy atom. The van der Waals surface area contributed by atoms with Gasteiger partial charge in [0, 0.05) is 19.5 Å². The highest BCUT2D eigenvalue weighted by Crippen LogP contribution is 2.27. The van der Waals surface area contributed by atoms with E-state index in [2.05, 4.69) is 11.4 Å². The van der Waals surface area contributed by atoms with E-state index in [1.807, 2.05) is 4.90 Å². The summed E-state index contributed by atoms with van der Waals surface area (Å²) in [5.41, 5.74) is 4.51. The average Bonchev–Trinajstić information content (AvgIpc) is 2.61. The third-order valence-corrected chi connectivity index (χ3v) is 5.55. The minimum atomic E-state index is -0.825. The minimum Gasteiger partial charge on any atom is -0.368 e. The number of nitriles is 1. The van der Waals surface area contributed by atoms with Crippen LogP contribution in [0.1, 0.15) is 58.3 Å². The van der Waals surface area contributed by atoms with Crippen LogP contribution in [-0.4, -0.2) is 41.4 Å². The van der Waals surface area contributed by atoms with Crippen molar-refractivity contribution >= 4 is 11.8 Å². The average molecular weight is 333 g/mol. The topological polar surface area (TPSA) is 99.2 Å². The summed E-state index contributed by atoms with van der Waals surface area (Å²) >= 11 is 0. The Morgan fingerprint density at radius 1 is 1.33 bits per heavy atom. The molecule has 0 bridgehead atoms. The molecular formula is C18H29N4O2. The molecule has 2 amide bonds. The fourth-order valence-corrected chi connectivity index (χ4v) is 3.72. The van der Waals surface area contributed by atoms with Crippen LogP contribution in [0.4, 0.5) is 0 Å². The van der Waals surface area contributed by atoms with E-state index in [-0.39, 0.29) is 17.9 Å². The van der Waals surface area contributed by atoms with Gasteiger partial charge in [-0.15, -0.1) is 0 Å². The number of rotatable bonds is 6. The molecular weight excluding hydrogens is 304 g/mol. The monoisotopic (exact) mass is 333 g/mol. The van der Waals surface area contributed by atoms with Crippen molar-refractivity contribution in [2.24, 2.45) is 11.7 Å². The van der Waals surface area contributed by atoms with Gasteiger partial charge in [-0.2, -0.15) is 5.26 Å². The maximum absolute atomic E-state index is 12.2. The molecule has 133 valence electrons. The maximum atomic E-state index is 12.2. The van der Waals surface area contributed by atoms with Crippen molar-refractivity contribution in [2.45, 2.75) is 69.9 Å². The number of piperidine rings is 1. The highest BCUT2D eigenvalue weighted by Gasteiger charge is 2.38. The van der Waals surface area contributed by atoms with Crippen molar-refractivity contribution in [1.29, 1.82) is 5.26 Å². The summed E-state index contributed by atoms with van der Waals surface area (Å²) in [6.45, 7) is 2.94. The number of nitrogens with two attached hydrogens (primary N) is 1. The zero-order valence-electron chi connectivity index (χ0n) is 14.6. The predicted molar refractivity (Wildman–Crippen MR) is 91.4 cm³/mol. The van der Waals surface area contributed by atoms with Crippen molar-refractivity contribution in [3.8, 4) is 6.07 Å². The summed E-state index contributed by atoms with van der Waals surface area (Å²) in [5.74, 6) is 0.114. The second-order valence-electron chi connectivity index (χ2n) is 7.24. The summed E-state index contributed by atoms with van der Waals surface area (Å²) in [5, 5.41) is 12.5. The lowest BCUT2D eigenvalue weighted by molar-refractivity contribution is -0.124. The number of carbonyl (C=O) groups is 2. The van der Waals surface area contributed by atoms with Gasteiger partial charge in [0.25, 0.3) is 0 Å². The molecule has 1 saturated heterocycles. The van der Waals surface area contributed by atoms with Crippen LogP contribution in [0.5, 0.6) is 0 Å². The second-order valence-corrected chi connectivity index (χ2v) is 7.24. The van der Waals surface area contributed by atoms with E-state index in [9.17, 15) is 14.9 Å². The Labute approximate surface area is 144 Å². The molecule has 2 rings (SSSR count). The fourth-order valence-electron chi connectivity index (χ4n) is 3.72. The SMILES string of the molecule is CC(C(N)=O)N1CCC(C#N)(NC(=O)[CH]CC2CCCCC2)CC1. The smallest absolute Gasteiger partial charge is 0.234 e. The van der Waals surface area contributed by atoms with E-state index in [4.69, 9.17) is 5.73 Å². The maximum Gasteiger partial charge on any atom is 0.234 e. The van der Waals surface area contributed by atoms with Gasteiger partial charge in [-0.1, -0.05) is 32.1 Å². The van der Waals surface area contributed by atoms with Crippen LogP contribution in [0.15, 0.2) is 0 Å². The molecule has 2 aliphatic rings. The van der Waals surface area contributed by atoms with Crippen LogP contribution in [-0.2, 0) is 9.59 Å². The van der Waals surface area contributed by atoms with Crippen molar-refractivity contribution in [3.05, 3.63) is 6.42 Å². The first-order valence-corrected chi connectivity index (χ1v) is 9.06. The number of likely N-dealkylation sites (tertiary alicyclic amines) is 1. The summed E-state index contributed by atoms with van der Waals surface area (Å²) in [6.07, 6.45) is 9.78. The van der Waals surface area contributed by atoms with Crippen LogP contribution in [0.2, 0.25) is 0 Å². The van der Waals surface area contributed by atoms with Crippen LogP contribution in [0.3, 0.4) is 0 Å². The van der Waals surface area contributed by atoms with Crippen molar-refractivity contribution in [2.75, 3.05) is 13.1 Å². The third-order valence-electron chi connectivity index (χ3n) is 5.55. The van der Waals surface area contributed by atoms with Gasteiger partial charge in [0.2, 0.25) is 11.8 Å².